The zero-order valence-corrected chi connectivity index (χ0v) is 13.7. The molecule has 8 nitrogen and oxygen atoms in total. The van der Waals surface area contributed by atoms with Crippen molar-refractivity contribution in [2.24, 2.45) is 5.73 Å². The van der Waals surface area contributed by atoms with Gasteiger partial charge in [0.25, 0.3) is 5.91 Å². The Bertz CT molecular complexity index is 679. The number of nitrogens with two attached hydrogens (primary N) is 1. The maximum atomic E-state index is 12.4. The van der Waals surface area contributed by atoms with Gasteiger partial charge in [-0.05, 0) is 17.7 Å². The Morgan fingerprint density at radius 2 is 1.70 bits per heavy atom. The lowest BCUT2D eigenvalue weighted by molar-refractivity contribution is 0.0698. The predicted molar refractivity (Wildman–Crippen MR) is 85.2 cm³/mol. The fraction of sp³-hybridized carbons (Fsp3) is 0.429. The number of nitrogens with one attached hydrogen (secondary N) is 1. The summed E-state index contributed by atoms with van der Waals surface area (Å²) < 4.78 is 24.3. The number of sulfonamides is 1. The Kier molecular flexibility index (Phi) is 5.22. The first-order chi connectivity index (χ1) is 10.8. The minimum Gasteiger partial charge on any atom is -0.352 e. The molecule has 126 valence electrons. The van der Waals surface area contributed by atoms with Crippen LogP contribution in [-0.4, -0.2) is 62.0 Å². The minimum absolute atomic E-state index is 0.132. The Morgan fingerprint density at radius 3 is 2.17 bits per heavy atom. The molecule has 1 aliphatic rings. The van der Waals surface area contributed by atoms with E-state index in [1.807, 2.05) is 0 Å². The van der Waals surface area contributed by atoms with Crippen LogP contribution in [0, 0.1) is 0 Å². The third-order valence-electron chi connectivity index (χ3n) is 3.66. The van der Waals surface area contributed by atoms with Crippen molar-refractivity contribution in [1.82, 2.24) is 14.5 Å². The van der Waals surface area contributed by atoms with Gasteiger partial charge in [0.05, 0.1) is 6.26 Å². The fourth-order valence-electron chi connectivity index (χ4n) is 2.36. The maximum Gasteiger partial charge on any atom is 0.312 e. The number of amides is 3. The van der Waals surface area contributed by atoms with Crippen LogP contribution in [0.3, 0.4) is 0 Å². The van der Waals surface area contributed by atoms with Crippen molar-refractivity contribution in [3.8, 4) is 0 Å². The largest absolute Gasteiger partial charge is 0.352 e. The summed E-state index contributed by atoms with van der Waals surface area (Å²) in [5.74, 6) is -0.132. The molecule has 0 unspecified atom stereocenters. The third kappa shape index (κ3) is 4.67. The van der Waals surface area contributed by atoms with Gasteiger partial charge in [-0.1, -0.05) is 12.1 Å². The Morgan fingerprint density at radius 1 is 1.13 bits per heavy atom. The van der Waals surface area contributed by atoms with Crippen LogP contribution in [-0.2, 0) is 16.6 Å². The number of hydrogen-bond acceptors (Lipinski definition) is 4. The molecule has 1 aliphatic heterocycles. The van der Waals surface area contributed by atoms with Crippen LogP contribution < -0.4 is 11.1 Å². The van der Waals surface area contributed by atoms with Gasteiger partial charge in [0, 0.05) is 38.3 Å². The second-order valence-electron chi connectivity index (χ2n) is 5.37. The van der Waals surface area contributed by atoms with E-state index in [0.717, 1.165) is 5.56 Å². The third-order valence-corrected chi connectivity index (χ3v) is 4.97. The molecule has 0 aliphatic carbocycles. The van der Waals surface area contributed by atoms with Crippen LogP contribution in [0.25, 0.3) is 0 Å². The molecule has 1 saturated heterocycles. The van der Waals surface area contributed by atoms with Gasteiger partial charge < -0.3 is 16.0 Å². The van der Waals surface area contributed by atoms with Gasteiger partial charge in [-0.3, -0.25) is 4.79 Å². The Balaban J connectivity index is 1.95. The molecule has 9 heteroatoms. The normalized spacial score (nSPS) is 16.1. The molecule has 3 N–H and O–H groups in total. The van der Waals surface area contributed by atoms with Gasteiger partial charge in [-0.25, -0.2) is 13.2 Å². The zero-order valence-electron chi connectivity index (χ0n) is 12.9. The van der Waals surface area contributed by atoms with Gasteiger partial charge >= 0.3 is 6.03 Å². The van der Waals surface area contributed by atoms with E-state index >= 15 is 0 Å². The molecule has 1 aromatic carbocycles. The first kappa shape index (κ1) is 17.2. The highest BCUT2D eigenvalue weighted by Gasteiger charge is 2.26. The zero-order chi connectivity index (χ0) is 17.0. The molecule has 0 radical (unpaired) electrons. The van der Waals surface area contributed by atoms with E-state index in [2.05, 4.69) is 5.32 Å². The smallest absolute Gasteiger partial charge is 0.312 e. The number of nitrogens with zero attached hydrogens (tertiary/aromatic N) is 2. The number of piperazine rings is 1. The summed E-state index contributed by atoms with van der Waals surface area (Å²) >= 11 is 0. The molecule has 1 heterocycles. The van der Waals surface area contributed by atoms with Gasteiger partial charge in [0.15, 0.2) is 0 Å². The van der Waals surface area contributed by atoms with Crippen molar-refractivity contribution >= 4 is 22.0 Å². The molecule has 0 saturated carbocycles. The number of rotatable bonds is 4. The van der Waals surface area contributed by atoms with Crippen molar-refractivity contribution in [2.75, 3.05) is 32.4 Å². The summed E-state index contributed by atoms with van der Waals surface area (Å²) in [6, 6.07) is 6.26. The van der Waals surface area contributed by atoms with Crippen LogP contribution in [0.2, 0.25) is 0 Å². The van der Waals surface area contributed by atoms with E-state index in [0.29, 0.717) is 38.3 Å². The fourth-order valence-corrected chi connectivity index (χ4v) is 3.19. The quantitative estimate of drug-likeness (QED) is 0.774. The molecule has 0 spiro atoms. The van der Waals surface area contributed by atoms with Crippen LogP contribution in [0.15, 0.2) is 24.3 Å². The Hall–Kier alpha value is -2.13. The number of benzene rings is 1. The van der Waals surface area contributed by atoms with E-state index in [9.17, 15) is 18.0 Å². The van der Waals surface area contributed by atoms with Crippen LogP contribution in [0.5, 0.6) is 0 Å². The maximum absolute atomic E-state index is 12.4. The molecule has 3 amide bonds. The number of urea groups is 1. The molecule has 1 aromatic rings. The molecular formula is C14H20N4O4S. The summed E-state index contributed by atoms with van der Waals surface area (Å²) in [5, 5.41) is 2.47. The summed E-state index contributed by atoms with van der Waals surface area (Å²) in [4.78, 5) is 24.7. The van der Waals surface area contributed by atoms with Crippen LogP contribution in [0.4, 0.5) is 4.79 Å². The van der Waals surface area contributed by atoms with E-state index in [1.54, 1.807) is 29.2 Å². The number of carbonyl (C=O) groups is 2. The predicted octanol–water partition coefficient (Wildman–Crippen LogP) is -0.428. The monoisotopic (exact) mass is 340 g/mol. The molecule has 0 aromatic heterocycles. The molecule has 2 rings (SSSR count). The highest BCUT2D eigenvalue weighted by Crippen LogP contribution is 2.12. The number of hydrogen-bond donors (Lipinski definition) is 2. The average molecular weight is 340 g/mol. The Labute approximate surface area is 135 Å². The van der Waals surface area contributed by atoms with Crippen LogP contribution >= 0.6 is 0 Å². The lowest BCUT2D eigenvalue weighted by Crippen LogP contribution is -2.50. The second-order valence-corrected chi connectivity index (χ2v) is 7.35. The summed E-state index contributed by atoms with van der Waals surface area (Å²) in [5.41, 5.74) is 6.36. The van der Waals surface area contributed by atoms with Gasteiger partial charge in [0.2, 0.25) is 10.0 Å². The molecular weight excluding hydrogens is 320 g/mol. The van der Waals surface area contributed by atoms with Gasteiger partial charge in [-0.2, -0.15) is 4.31 Å². The van der Waals surface area contributed by atoms with Crippen molar-refractivity contribution in [3.05, 3.63) is 35.4 Å². The van der Waals surface area contributed by atoms with E-state index in [4.69, 9.17) is 5.73 Å². The molecule has 0 bridgehead atoms. The topological polar surface area (TPSA) is 113 Å². The molecule has 0 atom stereocenters. The lowest BCUT2D eigenvalue weighted by atomic mass is 10.1. The van der Waals surface area contributed by atoms with Crippen molar-refractivity contribution in [3.63, 3.8) is 0 Å². The highest BCUT2D eigenvalue weighted by atomic mass is 32.2. The number of primary amides is 1. The molecule has 1 fully saturated rings. The average Bonchev–Trinajstić information content (AvgIpc) is 2.52. The second kappa shape index (κ2) is 6.97. The number of carbonyl (C=O) groups excluding carboxylic acids is 2. The van der Waals surface area contributed by atoms with Gasteiger partial charge in [0.1, 0.15) is 0 Å². The van der Waals surface area contributed by atoms with Gasteiger partial charge in [-0.15, -0.1) is 0 Å². The first-order valence-corrected chi connectivity index (χ1v) is 8.99. The highest BCUT2D eigenvalue weighted by molar-refractivity contribution is 7.88. The molecule has 23 heavy (non-hydrogen) atoms. The summed E-state index contributed by atoms with van der Waals surface area (Å²) in [6.07, 6.45) is 1.17. The van der Waals surface area contributed by atoms with Crippen molar-refractivity contribution in [2.45, 2.75) is 6.54 Å². The van der Waals surface area contributed by atoms with Crippen molar-refractivity contribution in [1.29, 1.82) is 0 Å². The van der Waals surface area contributed by atoms with E-state index in [-0.39, 0.29) is 5.91 Å². The SMILES string of the molecule is CS(=O)(=O)N1CCN(C(=O)c2ccc(CNC(N)=O)cc2)CC1. The minimum atomic E-state index is -3.21. The standard InChI is InChI=1S/C14H20N4O4S/c1-23(21,22)18-8-6-17(7-9-18)13(19)12-4-2-11(3-5-12)10-16-14(15)20/h2-5H,6-10H2,1H3,(H3,15,16,20). The lowest BCUT2D eigenvalue weighted by Gasteiger charge is -2.33. The van der Waals surface area contributed by atoms with E-state index in [1.165, 1.54) is 10.6 Å². The summed E-state index contributed by atoms with van der Waals surface area (Å²) in [6.45, 7) is 1.67. The summed E-state index contributed by atoms with van der Waals surface area (Å²) in [7, 11) is -3.21. The van der Waals surface area contributed by atoms with E-state index < -0.39 is 16.1 Å². The van der Waals surface area contributed by atoms with Crippen molar-refractivity contribution < 1.29 is 18.0 Å². The van der Waals surface area contributed by atoms with Crippen LogP contribution in [0.1, 0.15) is 15.9 Å². The first-order valence-electron chi connectivity index (χ1n) is 7.14.